The Morgan fingerprint density at radius 1 is 1.43 bits per heavy atom. The molecule has 0 amide bonds. The molecule has 3 atom stereocenters. The summed E-state index contributed by atoms with van der Waals surface area (Å²) in [4.78, 5) is 16.1. The van der Waals surface area contributed by atoms with Crippen LogP contribution >= 0.6 is 0 Å². The zero-order chi connectivity index (χ0) is 15.2. The zero-order valence-electron chi connectivity index (χ0n) is 11.6. The highest BCUT2D eigenvalue weighted by atomic mass is 19.1. The van der Waals surface area contributed by atoms with E-state index in [0.717, 1.165) is 0 Å². The summed E-state index contributed by atoms with van der Waals surface area (Å²) in [6.07, 6.45) is 1.34. The van der Waals surface area contributed by atoms with Crippen molar-refractivity contribution in [2.75, 3.05) is 5.32 Å². The van der Waals surface area contributed by atoms with Gasteiger partial charge >= 0.3 is 0 Å². The molecule has 0 saturated carbocycles. The number of anilines is 1. The number of halogens is 1. The molecule has 110 valence electrons. The Morgan fingerprint density at radius 3 is 2.71 bits per heavy atom. The van der Waals surface area contributed by atoms with Crippen LogP contribution in [0.5, 0.6) is 0 Å². The predicted molar refractivity (Wildman–Crippen MR) is 73.0 cm³/mol. The number of rotatable bonds is 2. The molecule has 1 aromatic carbocycles. The molecule has 2 heterocycles. The molecule has 0 aliphatic carbocycles. The summed E-state index contributed by atoms with van der Waals surface area (Å²) in [7, 11) is 0. The molecule has 0 radical (unpaired) electrons. The molecule has 3 rings (SSSR count). The molecule has 2 N–H and O–H groups in total. The van der Waals surface area contributed by atoms with Crippen molar-refractivity contribution in [1.82, 2.24) is 14.8 Å². The Morgan fingerprint density at radius 2 is 2.10 bits per heavy atom. The molecular formula is C14H15FN4O2. The van der Waals surface area contributed by atoms with Crippen LogP contribution in [0.1, 0.15) is 25.5 Å². The third kappa shape index (κ3) is 2.19. The number of Topliss-reactive ketones (excluding diaryl/α,β-unsaturated/α-hetero) is 1. The highest BCUT2D eigenvalue weighted by Crippen LogP contribution is 2.40. The number of hydrogen-bond donors (Lipinski definition) is 2. The third-order valence-corrected chi connectivity index (χ3v) is 3.77. The number of nitrogens with one attached hydrogen (secondary N) is 1. The van der Waals surface area contributed by atoms with Crippen LogP contribution in [0.15, 0.2) is 30.6 Å². The van der Waals surface area contributed by atoms with Gasteiger partial charge in [-0.2, -0.15) is 10.1 Å². The van der Waals surface area contributed by atoms with Gasteiger partial charge in [0, 0.05) is 0 Å². The third-order valence-electron chi connectivity index (χ3n) is 3.77. The molecule has 2 aromatic rings. The Labute approximate surface area is 120 Å². The van der Waals surface area contributed by atoms with Gasteiger partial charge in [-0.3, -0.25) is 4.79 Å². The first-order valence-electron chi connectivity index (χ1n) is 6.56. The van der Waals surface area contributed by atoms with Crippen molar-refractivity contribution in [2.45, 2.75) is 25.6 Å². The van der Waals surface area contributed by atoms with Gasteiger partial charge in [0.15, 0.2) is 0 Å². The molecule has 6 nitrogen and oxygen atoms in total. The Hall–Kier alpha value is -2.28. The summed E-state index contributed by atoms with van der Waals surface area (Å²) in [6, 6.07) is 5.27. The fourth-order valence-corrected chi connectivity index (χ4v) is 2.91. The number of carbonyl (C=O) groups excluding carboxylic acids is 1. The molecule has 0 unspecified atom stereocenters. The summed E-state index contributed by atoms with van der Waals surface area (Å²) < 4.78 is 14.7. The minimum Gasteiger partial charge on any atom is -0.370 e. The normalized spacial score (nSPS) is 27.8. The van der Waals surface area contributed by atoms with Gasteiger partial charge in [-0.25, -0.2) is 9.07 Å². The van der Waals surface area contributed by atoms with E-state index in [0.29, 0.717) is 11.5 Å². The molecule has 7 heteroatoms. The first-order chi connectivity index (χ1) is 9.90. The molecule has 1 aliphatic rings. The van der Waals surface area contributed by atoms with Gasteiger partial charge < -0.3 is 10.4 Å². The number of nitrogens with zero attached hydrogens (tertiary/aromatic N) is 3. The molecule has 21 heavy (non-hydrogen) atoms. The fraction of sp³-hybridized carbons (Fsp3) is 0.357. The Kier molecular flexibility index (Phi) is 3.02. The van der Waals surface area contributed by atoms with Crippen molar-refractivity contribution < 1.29 is 14.3 Å². The maximum absolute atomic E-state index is 13.1. The highest BCUT2D eigenvalue weighted by Gasteiger charge is 2.48. The van der Waals surface area contributed by atoms with Crippen LogP contribution in [0.2, 0.25) is 0 Å². The van der Waals surface area contributed by atoms with Gasteiger partial charge in [-0.1, -0.05) is 12.1 Å². The lowest BCUT2D eigenvalue weighted by Gasteiger charge is -2.42. The minimum absolute atomic E-state index is 0.192. The number of fused-ring (bicyclic) bond motifs is 1. The molecule has 0 fully saturated rings. The van der Waals surface area contributed by atoms with Crippen LogP contribution in [0, 0.1) is 11.7 Å². The second-order valence-electron chi connectivity index (χ2n) is 5.39. The van der Waals surface area contributed by atoms with Crippen LogP contribution in [-0.2, 0) is 4.79 Å². The van der Waals surface area contributed by atoms with Crippen molar-refractivity contribution >= 4 is 11.7 Å². The van der Waals surface area contributed by atoms with Crippen LogP contribution in [0.3, 0.4) is 0 Å². The van der Waals surface area contributed by atoms with Crippen LogP contribution in [0.4, 0.5) is 10.3 Å². The SMILES string of the molecule is CC(=O)[C@@H]1[C@@H](c2ccc(F)cc2)n2ncnc2N[C@@]1(C)O. The minimum atomic E-state index is -1.46. The van der Waals surface area contributed by atoms with E-state index in [1.807, 2.05) is 0 Å². The zero-order valence-corrected chi connectivity index (χ0v) is 11.6. The van der Waals surface area contributed by atoms with Crippen molar-refractivity contribution in [3.8, 4) is 0 Å². The largest absolute Gasteiger partial charge is 0.370 e. The van der Waals surface area contributed by atoms with E-state index in [2.05, 4.69) is 15.4 Å². The second-order valence-corrected chi connectivity index (χ2v) is 5.39. The lowest BCUT2D eigenvalue weighted by atomic mass is 9.81. The monoisotopic (exact) mass is 290 g/mol. The number of hydrogen-bond acceptors (Lipinski definition) is 5. The van der Waals surface area contributed by atoms with E-state index < -0.39 is 17.7 Å². The van der Waals surface area contributed by atoms with Crippen molar-refractivity contribution in [2.24, 2.45) is 5.92 Å². The fourth-order valence-electron chi connectivity index (χ4n) is 2.91. The quantitative estimate of drug-likeness (QED) is 0.872. The summed E-state index contributed by atoms with van der Waals surface area (Å²) >= 11 is 0. The van der Waals surface area contributed by atoms with Crippen LogP contribution < -0.4 is 5.32 Å². The predicted octanol–water partition coefficient (Wildman–Crippen LogP) is 1.35. The van der Waals surface area contributed by atoms with Crippen LogP contribution in [-0.4, -0.2) is 31.4 Å². The molecule has 1 aliphatic heterocycles. The first kappa shape index (κ1) is 13.7. The molecule has 0 saturated heterocycles. The molecular weight excluding hydrogens is 275 g/mol. The number of benzene rings is 1. The molecule has 0 bridgehead atoms. The van der Waals surface area contributed by atoms with Crippen molar-refractivity contribution in [1.29, 1.82) is 0 Å². The van der Waals surface area contributed by atoms with E-state index in [9.17, 15) is 14.3 Å². The lowest BCUT2D eigenvalue weighted by molar-refractivity contribution is -0.130. The smallest absolute Gasteiger partial charge is 0.223 e. The highest BCUT2D eigenvalue weighted by molar-refractivity contribution is 5.81. The van der Waals surface area contributed by atoms with Gasteiger partial charge in [0.05, 0.1) is 12.0 Å². The van der Waals surface area contributed by atoms with E-state index >= 15 is 0 Å². The maximum Gasteiger partial charge on any atom is 0.223 e. The number of ketones is 1. The average molecular weight is 290 g/mol. The van der Waals surface area contributed by atoms with Crippen molar-refractivity contribution in [3.05, 3.63) is 42.0 Å². The van der Waals surface area contributed by atoms with Crippen molar-refractivity contribution in [3.63, 3.8) is 0 Å². The van der Waals surface area contributed by atoms with Gasteiger partial charge in [-0.05, 0) is 31.5 Å². The van der Waals surface area contributed by atoms with Gasteiger partial charge in [0.2, 0.25) is 5.95 Å². The van der Waals surface area contributed by atoms with Gasteiger partial charge in [0.1, 0.15) is 23.7 Å². The standard InChI is InChI=1S/C14H15FN4O2/c1-8(20)11-12(9-3-5-10(15)6-4-9)19-13(16-7-17-19)18-14(11,2)21/h3-7,11-12,21H,1-2H3,(H,16,17,18)/t11-,12-,14+/m1/s1. The van der Waals surface area contributed by atoms with E-state index in [1.165, 1.54) is 37.0 Å². The lowest BCUT2D eigenvalue weighted by Crippen LogP contribution is -2.54. The van der Waals surface area contributed by atoms with Gasteiger partial charge in [0.25, 0.3) is 0 Å². The van der Waals surface area contributed by atoms with Gasteiger partial charge in [-0.15, -0.1) is 0 Å². The topological polar surface area (TPSA) is 80.0 Å². The van der Waals surface area contributed by atoms with E-state index in [1.54, 1.807) is 12.1 Å². The number of aromatic nitrogens is 3. The first-order valence-corrected chi connectivity index (χ1v) is 6.56. The number of carbonyl (C=O) groups is 1. The summed E-state index contributed by atoms with van der Waals surface area (Å²) in [5.41, 5.74) is -0.779. The maximum atomic E-state index is 13.1. The number of aliphatic hydroxyl groups is 1. The second kappa shape index (κ2) is 4.63. The Bertz CT molecular complexity index is 681. The van der Waals surface area contributed by atoms with E-state index in [4.69, 9.17) is 0 Å². The average Bonchev–Trinajstić information content (AvgIpc) is 2.84. The summed E-state index contributed by atoms with van der Waals surface area (Å²) in [5, 5.41) is 17.5. The summed E-state index contributed by atoms with van der Waals surface area (Å²) in [6.45, 7) is 2.94. The van der Waals surface area contributed by atoms with E-state index in [-0.39, 0.29) is 11.6 Å². The van der Waals surface area contributed by atoms with Crippen LogP contribution in [0.25, 0.3) is 0 Å². The summed E-state index contributed by atoms with van der Waals surface area (Å²) in [5.74, 6) is -0.954. The molecule has 0 spiro atoms. The molecule has 1 aromatic heterocycles. The Balaban J connectivity index is 2.18.